The van der Waals surface area contributed by atoms with Gasteiger partial charge in [-0.25, -0.2) is 0 Å². The van der Waals surface area contributed by atoms with Gasteiger partial charge in [-0.1, -0.05) is 207 Å². The number of hydrogen-bond donors (Lipinski definition) is 2. The molecule has 0 saturated carbocycles. The number of unbranched alkanes of at least 4 members (excludes halogenated alkanes) is 28. The van der Waals surface area contributed by atoms with E-state index in [2.05, 4.69) is 38.3 Å². The van der Waals surface area contributed by atoms with Crippen LogP contribution in [0.5, 0.6) is 0 Å². The van der Waals surface area contributed by atoms with E-state index in [1.54, 1.807) is 0 Å². The molecule has 2 N–H and O–H groups in total. The predicted molar refractivity (Wildman–Crippen MR) is 321 cm³/mol. The van der Waals surface area contributed by atoms with Crippen molar-refractivity contribution >= 4 is 47.6 Å². The summed E-state index contributed by atoms with van der Waals surface area (Å²) in [5, 5.41) is 5.09. The van der Waals surface area contributed by atoms with Gasteiger partial charge in [0.2, 0.25) is 11.8 Å². The van der Waals surface area contributed by atoms with E-state index in [0.717, 1.165) is 77.0 Å². The third kappa shape index (κ3) is 46.1. The SMILES string of the molecule is CCCCCCCCCCOC(=O)CCN(CCC(=O)OCCCCCCCCCC)CCC(=O)OCC1NC(=O)C(COC(=O)CCN(CCC(=O)OCCCCCCCCCC)CCC(=O)OCCCCCCCCCC)NC1=O. The summed E-state index contributed by atoms with van der Waals surface area (Å²) in [6.45, 7) is 10.7. The molecule has 1 heterocycles. The van der Waals surface area contributed by atoms with Crippen LogP contribution in [0.15, 0.2) is 0 Å². The molecule has 1 fully saturated rings. The number of nitrogens with one attached hydrogen (secondary N) is 2. The number of piperazine rings is 1. The number of esters is 6. The van der Waals surface area contributed by atoms with Crippen LogP contribution in [0.4, 0.5) is 0 Å². The quantitative estimate of drug-likeness (QED) is 0.0328. The molecule has 18 nitrogen and oxygen atoms in total. The van der Waals surface area contributed by atoms with Crippen LogP contribution in [0.25, 0.3) is 0 Å². The third-order valence-electron chi connectivity index (χ3n) is 14.9. The Labute approximate surface area is 495 Å². The Morgan fingerprint density at radius 1 is 0.293 bits per heavy atom. The Morgan fingerprint density at radius 3 is 0.683 bits per heavy atom. The van der Waals surface area contributed by atoms with E-state index in [0.29, 0.717) is 26.4 Å². The van der Waals surface area contributed by atoms with E-state index in [1.807, 2.05) is 9.80 Å². The summed E-state index contributed by atoms with van der Waals surface area (Å²) in [4.78, 5) is 106. The van der Waals surface area contributed by atoms with Gasteiger partial charge < -0.3 is 48.9 Å². The Bertz CT molecular complexity index is 1470. The lowest BCUT2D eigenvalue weighted by Gasteiger charge is -2.29. The van der Waals surface area contributed by atoms with Gasteiger partial charge in [-0.2, -0.15) is 0 Å². The van der Waals surface area contributed by atoms with Crippen LogP contribution in [0.3, 0.4) is 0 Å². The molecule has 0 spiro atoms. The van der Waals surface area contributed by atoms with Gasteiger partial charge in [0.15, 0.2) is 0 Å². The molecule has 2 amide bonds. The summed E-state index contributed by atoms with van der Waals surface area (Å²) in [6, 6.07) is -2.36. The van der Waals surface area contributed by atoms with Crippen molar-refractivity contribution in [1.82, 2.24) is 20.4 Å². The summed E-state index contributed by atoms with van der Waals surface area (Å²) < 4.78 is 32.7. The number of ether oxygens (including phenoxy) is 6. The van der Waals surface area contributed by atoms with Crippen molar-refractivity contribution in [3.63, 3.8) is 0 Å². The fourth-order valence-corrected chi connectivity index (χ4v) is 9.55. The first-order valence-corrected chi connectivity index (χ1v) is 32.9. The van der Waals surface area contributed by atoms with Gasteiger partial charge in [0.25, 0.3) is 0 Å². The average molecular weight is 1170 g/mol. The molecule has 0 bridgehead atoms. The molecule has 0 radical (unpaired) electrons. The van der Waals surface area contributed by atoms with Crippen molar-refractivity contribution in [3.8, 4) is 0 Å². The van der Waals surface area contributed by atoms with E-state index in [4.69, 9.17) is 28.4 Å². The van der Waals surface area contributed by atoms with Crippen LogP contribution in [0.2, 0.25) is 0 Å². The number of carbonyl (C=O) groups excluding carboxylic acids is 8. The summed E-state index contributed by atoms with van der Waals surface area (Å²) in [7, 11) is 0. The molecular formula is C64H116N4O14. The molecule has 2 atom stereocenters. The maximum Gasteiger partial charge on any atom is 0.307 e. The van der Waals surface area contributed by atoms with E-state index < -0.39 is 49.1 Å². The fraction of sp³-hybridized carbons (Fsp3) is 0.875. The minimum Gasteiger partial charge on any atom is -0.466 e. The van der Waals surface area contributed by atoms with Gasteiger partial charge in [0.05, 0.1) is 65.0 Å². The van der Waals surface area contributed by atoms with E-state index >= 15 is 0 Å². The zero-order valence-corrected chi connectivity index (χ0v) is 52.1. The van der Waals surface area contributed by atoms with Crippen LogP contribution in [0, 0.1) is 0 Å². The lowest BCUT2D eigenvalue weighted by atomic mass is 10.1. The maximum atomic E-state index is 13.1. The monoisotopic (exact) mass is 1160 g/mol. The largest absolute Gasteiger partial charge is 0.466 e. The third-order valence-corrected chi connectivity index (χ3v) is 14.9. The van der Waals surface area contributed by atoms with Gasteiger partial charge in [-0.05, 0) is 25.7 Å². The number of rotatable bonds is 58. The Balaban J connectivity index is 2.65. The van der Waals surface area contributed by atoms with Gasteiger partial charge in [0.1, 0.15) is 25.3 Å². The lowest BCUT2D eigenvalue weighted by molar-refractivity contribution is -0.152. The zero-order valence-electron chi connectivity index (χ0n) is 52.1. The second-order valence-electron chi connectivity index (χ2n) is 22.5. The maximum absolute atomic E-state index is 13.1. The normalized spacial score (nSPS) is 14.1. The molecule has 1 aliphatic rings. The Morgan fingerprint density at radius 2 is 0.476 bits per heavy atom. The first-order valence-electron chi connectivity index (χ1n) is 32.9. The molecule has 1 rings (SSSR count). The van der Waals surface area contributed by atoms with Crippen LogP contribution in [0.1, 0.15) is 272 Å². The molecule has 0 aliphatic carbocycles. The second kappa shape index (κ2) is 54.6. The first-order chi connectivity index (χ1) is 39.9. The van der Waals surface area contributed by atoms with Crippen molar-refractivity contribution in [2.75, 3.05) is 78.9 Å². The highest BCUT2D eigenvalue weighted by Crippen LogP contribution is 2.14. The summed E-state index contributed by atoms with van der Waals surface area (Å²) in [5.74, 6) is -3.93. The highest BCUT2D eigenvalue weighted by Gasteiger charge is 2.35. The Hall–Kier alpha value is -4.32. The topological polar surface area (TPSA) is 222 Å². The highest BCUT2D eigenvalue weighted by atomic mass is 16.6. The molecular weight excluding hydrogens is 1050 g/mol. The molecule has 18 heteroatoms. The molecule has 476 valence electrons. The van der Waals surface area contributed by atoms with E-state index in [9.17, 15) is 38.4 Å². The molecule has 0 aromatic heterocycles. The van der Waals surface area contributed by atoms with Crippen molar-refractivity contribution in [3.05, 3.63) is 0 Å². The van der Waals surface area contributed by atoms with Gasteiger partial charge in [0, 0.05) is 39.3 Å². The minimum absolute atomic E-state index is 0.0809. The predicted octanol–water partition coefficient (Wildman–Crippen LogP) is 11.7. The van der Waals surface area contributed by atoms with E-state index in [-0.39, 0.29) is 102 Å². The lowest BCUT2D eigenvalue weighted by Crippen LogP contribution is -2.64. The summed E-state index contributed by atoms with van der Waals surface area (Å²) in [5.41, 5.74) is 0. The number of hydrogen-bond acceptors (Lipinski definition) is 16. The minimum atomic E-state index is -1.18. The van der Waals surface area contributed by atoms with E-state index in [1.165, 1.54) is 128 Å². The van der Waals surface area contributed by atoms with Crippen LogP contribution in [-0.2, 0) is 66.8 Å². The van der Waals surface area contributed by atoms with Crippen molar-refractivity contribution < 1.29 is 66.8 Å². The molecule has 2 unspecified atom stereocenters. The Kier molecular flexibility index (Phi) is 50.4. The molecule has 1 saturated heterocycles. The van der Waals surface area contributed by atoms with Gasteiger partial charge in [-0.15, -0.1) is 0 Å². The zero-order chi connectivity index (χ0) is 59.9. The van der Waals surface area contributed by atoms with Crippen LogP contribution < -0.4 is 10.6 Å². The second-order valence-corrected chi connectivity index (χ2v) is 22.5. The molecule has 1 aliphatic heterocycles. The average Bonchev–Trinajstić information content (AvgIpc) is 3.51. The summed E-state index contributed by atoms with van der Waals surface area (Å²) >= 11 is 0. The van der Waals surface area contributed by atoms with Gasteiger partial charge in [-0.3, -0.25) is 38.4 Å². The molecule has 82 heavy (non-hydrogen) atoms. The number of carbonyl (C=O) groups is 8. The van der Waals surface area contributed by atoms with Gasteiger partial charge >= 0.3 is 35.8 Å². The highest BCUT2D eigenvalue weighted by molar-refractivity contribution is 5.97. The number of amides is 2. The van der Waals surface area contributed by atoms with Crippen molar-refractivity contribution in [1.29, 1.82) is 0 Å². The van der Waals surface area contributed by atoms with Crippen LogP contribution >= 0.6 is 0 Å². The summed E-state index contributed by atoms with van der Waals surface area (Å²) in [6.07, 6.45) is 36.3. The van der Waals surface area contributed by atoms with Crippen molar-refractivity contribution in [2.45, 2.75) is 284 Å². The fourth-order valence-electron chi connectivity index (χ4n) is 9.55. The number of nitrogens with zero attached hydrogens (tertiary/aromatic N) is 2. The van der Waals surface area contributed by atoms with Crippen LogP contribution in [-0.4, -0.2) is 148 Å². The smallest absolute Gasteiger partial charge is 0.307 e. The standard InChI is InChI=1S/C64H116N4O14/c1-5-9-13-17-21-25-29-33-49-77-57(69)37-43-67(44-38-58(70)78-50-34-30-26-22-18-14-10-6-2)47-41-61(73)81-53-55-63(75)66-56(64(76)65-55)54-82-62(74)42-48-68(45-39-59(71)79-51-35-31-27-23-19-15-11-7-3)46-40-60(72)80-52-36-32-28-24-20-16-12-8-4/h55-56H,5-54H2,1-4H3,(H,65,76)(H,66,75). The molecule has 0 aromatic rings. The first kappa shape index (κ1) is 75.7. The molecule has 0 aromatic carbocycles. The van der Waals surface area contributed by atoms with Crippen molar-refractivity contribution in [2.24, 2.45) is 0 Å².